The van der Waals surface area contributed by atoms with Gasteiger partial charge < -0.3 is 14.4 Å². The van der Waals surface area contributed by atoms with E-state index in [-0.39, 0.29) is 18.7 Å². The van der Waals surface area contributed by atoms with Gasteiger partial charge in [-0.05, 0) is 19.1 Å². The van der Waals surface area contributed by atoms with Crippen molar-refractivity contribution in [2.45, 2.75) is 45.0 Å². The molecule has 0 radical (unpaired) electrons. The van der Waals surface area contributed by atoms with E-state index in [1.807, 2.05) is 0 Å². The third-order valence-corrected chi connectivity index (χ3v) is 4.58. The van der Waals surface area contributed by atoms with Gasteiger partial charge in [0.2, 0.25) is 5.88 Å². The molecule has 1 aliphatic heterocycles. The predicted octanol–water partition coefficient (Wildman–Crippen LogP) is 4.36. The zero-order chi connectivity index (χ0) is 21.9. The first-order chi connectivity index (χ1) is 14.1. The molecule has 0 spiro atoms. The molecule has 0 aliphatic carbocycles. The monoisotopic (exact) mass is 438 g/mol. The number of alkyl halides is 6. The van der Waals surface area contributed by atoms with Gasteiger partial charge in [0, 0.05) is 44.8 Å². The van der Waals surface area contributed by atoms with Crippen LogP contribution in [0.5, 0.6) is 5.88 Å². The van der Waals surface area contributed by atoms with Crippen molar-refractivity contribution in [3.8, 4) is 5.88 Å². The fraction of sp³-hybridized carbons (Fsp3) is 0.556. The molecule has 3 rings (SSSR count). The maximum Gasteiger partial charge on any atom is 0.435 e. The van der Waals surface area contributed by atoms with Crippen LogP contribution in [0.25, 0.3) is 0 Å². The SMILES string of the molecule is CCOCn1nc(C(F)(F)F)cc1OC1CCN(c2ccc(C(F)(F)F)cn2)CC1. The first-order valence-electron chi connectivity index (χ1n) is 9.25. The van der Waals surface area contributed by atoms with Gasteiger partial charge in [0.1, 0.15) is 18.7 Å². The fourth-order valence-corrected chi connectivity index (χ4v) is 3.02. The van der Waals surface area contributed by atoms with Gasteiger partial charge in [-0.2, -0.15) is 31.4 Å². The molecule has 0 unspecified atom stereocenters. The van der Waals surface area contributed by atoms with E-state index >= 15 is 0 Å². The van der Waals surface area contributed by atoms with Gasteiger partial charge in [0.05, 0.1) is 5.56 Å². The van der Waals surface area contributed by atoms with Crippen LogP contribution in [0, 0.1) is 0 Å². The Balaban J connectivity index is 1.62. The summed E-state index contributed by atoms with van der Waals surface area (Å²) in [5, 5.41) is 3.50. The Labute approximate surface area is 168 Å². The highest BCUT2D eigenvalue weighted by molar-refractivity contribution is 5.40. The Hall–Kier alpha value is -2.50. The van der Waals surface area contributed by atoms with Crippen molar-refractivity contribution in [3.63, 3.8) is 0 Å². The van der Waals surface area contributed by atoms with E-state index in [0.717, 1.165) is 23.0 Å². The molecule has 0 aromatic carbocycles. The minimum absolute atomic E-state index is 0.0399. The molecule has 30 heavy (non-hydrogen) atoms. The molecule has 0 bridgehead atoms. The predicted molar refractivity (Wildman–Crippen MR) is 94.0 cm³/mol. The summed E-state index contributed by atoms with van der Waals surface area (Å²) in [4.78, 5) is 5.67. The highest BCUT2D eigenvalue weighted by atomic mass is 19.4. The lowest BCUT2D eigenvalue weighted by atomic mass is 10.1. The van der Waals surface area contributed by atoms with Crippen LogP contribution in [0.4, 0.5) is 32.2 Å². The number of anilines is 1. The van der Waals surface area contributed by atoms with Crippen LogP contribution >= 0.6 is 0 Å². The van der Waals surface area contributed by atoms with Gasteiger partial charge >= 0.3 is 12.4 Å². The lowest BCUT2D eigenvalue weighted by Crippen LogP contribution is -2.39. The molecule has 2 aromatic heterocycles. The number of pyridine rings is 1. The third-order valence-electron chi connectivity index (χ3n) is 4.58. The largest absolute Gasteiger partial charge is 0.474 e. The van der Waals surface area contributed by atoms with E-state index in [1.54, 1.807) is 11.8 Å². The Morgan fingerprint density at radius 3 is 2.30 bits per heavy atom. The molecule has 3 heterocycles. The summed E-state index contributed by atoms with van der Waals surface area (Å²) < 4.78 is 88.7. The van der Waals surface area contributed by atoms with Gasteiger partial charge in [-0.1, -0.05) is 0 Å². The Bertz CT molecular complexity index is 827. The number of aromatic nitrogens is 3. The number of ether oxygens (including phenoxy) is 2. The van der Waals surface area contributed by atoms with Crippen LogP contribution in [0.2, 0.25) is 0 Å². The number of piperidine rings is 1. The maximum atomic E-state index is 13.0. The molecule has 1 fully saturated rings. The molecule has 1 aliphatic rings. The second-order valence-electron chi connectivity index (χ2n) is 6.69. The molecule has 0 amide bonds. The molecule has 1 saturated heterocycles. The Morgan fingerprint density at radius 1 is 1.07 bits per heavy atom. The van der Waals surface area contributed by atoms with E-state index in [2.05, 4.69) is 10.1 Å². The molecule has 0 saturated carbocycles. The lowest BCUT2D eigenvalue weighted by Gasteiger charge is -2.33. The molecule has 2 aromatic rings. The van der Waals surface area contributed by atoms with Crippen molar-refractivity contribution in [2.24, 2.45) is 0 Å². The summed E-state index contributed by atoms with van der Waals surface area (Å²) in [7, 11) is 0. The van der Waals surface area contributed by atoms with Crippen LogP contribution < -0.4 is 9.64 Å². The summed E-state index contributed by atoms with van der Waals surface area (Å²) in [6.07, 6.45) is -7.72. The molecule has 12 heteroatoms. The van der Waals surface area contributed by atoms with E-state index < -0.39 is 23.6 Å². The standard InChI is InChI=1S/C18H20F6N4O2/c1-2-29-11-28-16(9-14(26-28)18(22,23)24)30-13-5-7-27(8-6-13)15-4-3-12(10-25-15)17(19,20)21/h3-4,9-10,13H,2,5-8,11H2,1H3. The van der Waals surface area contributed by atoms with Crippen LogP contribution in [-0.2, 0) is 23.8 Å². The topological polar surface area (TPSA) is 52.4 Å². The minimum atomic E-state index is -4.60. The van der Waals surface area contributed by atoms with Crippen molar-refractivity contribution >= 4 is 5.82 Å². The molecule has 0 N–H and O–H groups in total. The van der Waals surface area contributed by atoms with Crippen LogP contribution in [0.3, 0.4) is 0 Å². The van der Waals surface area contributed by atoms with Crippen LogP contribution in [0.15, 0.2) is 24.4 Å². The van der Waals surface area contributed by atoms with Crippen molar-refractivity contribution in [1.82, 2.24) is 14.8 Å². The fourth-order valence-electron chi connectivity index (χ4n) is 3.02. The van der Waals surface area contributed by atoms with E-state index in [1.165, 1.54) is 6.07 Å². The number of nitrogens with zero attached hydrogens (tertiary/aromatic N) is 4. The summed E-state index contributed by atoms with van der Waals surface area (Å²) in [5.41, 5.74) is -1.89. The maximum absolute atomic E-state index is 13.0. The number of hydrogen-bond acceptors (Lipinski definition) is 5. The molecular weight excluding hydrogens is 418 g/mol. The van der Waals surface area contributed by atoms with E-state index in [4.69, 9.17) is 9.47 Å². The van der Waals surface area contributed by atoms with Gasteiger partial charge in [0.25, 0.3) is 0 Å². The first-order valence-corrected chi connectivity index (χ1v) is 9.25. The zero-order valence-electron chi connectivity index (χ0n) is 16.0. The Morgan fingerprint density at radius 2 is 1.77 bits per heavy atom. The van der Waals surface area contributed by atoms with Gasteiger partial charge in [0.15, 0.2) is 5.69 Å². The third kappa shape index (κ3) is 5.35. The van der Waals surface area contributed by atoms with Gasteiger partial charge in [-0.15, -0.1) is 0 Å². The van der Waals surface area contributed by atoms with E-state index in [0.29, 0.717) is 38.4 Å². The Kier molecular flexibility index (Phi) is 6.44. The quantitative estimate of drug-likeness (QED) is 0.628. The normalized spacial score (nSPS) is 16.2. The molecule has 0 atom stereocenters. The van der Waals surface area contributed by atoms with E-state index in [9.17, 15) is 26.3 Å². The summed E-state index contributed by atoms with van der Waals surface area (Å²) >= 11 is 0. The second-order valence-corrected chi connectivity index (χ2v) is 6.69. The number of rotatable bonds is 6. The average Bonchev–Trinajstić information content (AvgIpc) is 3.09. The number of halogens is 6. The van der Waals surface area contributed by atoms with Crippen molar-refractivity contribution < 1.29 is 35.8 Å². The van der Waals surface area contributed by atoms with Crippen LogP contribution in [0.1, 0.15) is 31.0 Å². The summed E-state index contributed by atoms with van der Waals surface area (Å²) in [5.74, 6) is 0.365. The van der Waals surface area contributed by atoms with Crippen molar-refractivity contribution in [1.29, 1.82) is 0 Å². The van der Waals surface area contributed by atoms with Gasteiger partial charge in [-0.3, -0.25) is 0 Å². The number of hydrogen-bond donors (Lipinski definition) is 0. The smallest absolute Gasteiger partial charge is 0.435 e. The molecule has 166 valence electrons. The molecular formula is C18H20F6N4O2. The van der Waals surface area contributed by atoms with Crippen molar-refractivity contribution in [3.05, 3.63) is 35.7 Å². The van der Waals surface area contributed by atoms with Crippen molar-refractivity contribution in [2.75, 3.05) is 24.6 Å². The van der Waals surface area contributed by atoms with Crippen LogP contribution in [-0.4, -0.2) is 40.6 Å². The zero-order valence-corrected chi connectivity index (χ0v) is 16.0. The highest BCUT2D eigenvalue weighted by Crippen LogP contribution is 2.32. The lowest BCUT2D eigenvalue weighted by molar-refractivity contribution is -0.141. The second kappa shape index (κ2) is 8.70. The summed E-state index contributed by atoms with van der Waals surface area (Å²) in [6.45, 7) is 2.72. The van der Waals surface area contributed by atoms with Gasteiger partial charge in [-0.25, -0.2) is 9.67 Å². The molecule has 6 nitrogen and oxygen atoms in total. The highest BCUT2D eigenvalue weighted by Gasteiger charge is 2.36. The first kappa shape index (κ1) is 22.2. The summed E-state index contributed by atoms with van der Waals surface area (Å²) in [6, 6.07) is 3.11. The minimum Gasteiger partial charge on any atom is -0.474 e. The average molecular weight is 438 g/mol.